The number of carbonyl (C=O) groups is 1. The minimum absolute atomic E-state index is 0.0170. The summed E-state index contributed by atoms with van der Waals surface area (Å²) in [7, 11) is 0. The molecule has 1 amide bonds. The molecule has 0 atom stereocenters. The normalized spacial score (nSPS) is 17.2. The van der Waals surface area contributed by atoms with Crippen LogP contribution in [0.25, 0.3) is 0 Å². The molecule has 1 saturated heterocycles. The topological polar surface area (TPSA) is 49.8 Å². The Morgan fingerprint density at radius 2 is 1.81 bits per heavy atom. The number of aliphatic hydroxyl groups is 1. The van der Waals surface area contributed by atoms with Gasteiger partial charge in [-0.1, -0.05) is 26.0 Å². The van der Waals surface area contributed by atoms with Crippen LogP contribution in [0.5, 0.6) is 0 Å². The first-order valence-corrected chi connectivity index (χ1v) is 7.54. The molecule has 0 saturated carbocycles. The van der Waals surface area contributed by atoms with Gasteiger partial charge in [0.05, 0.1) is 25.8 Å². The maximum Gasteiger partial charge on any atom is 0.254 e. The zero-order valence-electron chi connectivity index (χ0n) is 13.3. The fraction of sp³-hybridized carbons (Fsp3) is 0.588. The average molecular weight is 291 g/mol. The number of ether oxygens (including phenoxy) is 1. The second kappa shape index (κ2) is 6.16. The molecule has 0 aliphatic carbocycles. The Morgan fingerprint density at radius 1 is 1.24 bits per heavy atom. The maximum atomic E-state index is 12.3. The summed E-state index contributed by atoms with van der Waals surface area (Å²) in [5.74, 6) is 0.147. The Labute approximate surface area is 126 Å². The molecule has 1 heterocycles. The van der Waals surface area contributed by atoms with Crippen molar-refractivity contribution in [3.8, 4) is 0 Å². The van der Waals surface area contributed by atoms with Crippen molar-refractivity contribution in [2.75, 3.05) is 13.1 Å². The highest BCUT2D eigenvalue weighted by Gasteiger charge is 2.45. The van der Waals surface area contributed by atoms with Crippen molar-refractivity contribution in [1.82, 2.24) is 4.90 Å². The number of carbonyl (C=O) groups excluding carboxylic acids is 1. The van der Waals surface area contributed by atoms with Gasteiger partial charge in [-0.25, -0.2) is 0 Å². The highest BCUT2D eigenvalue weighted by Crippen LogP contribution is 2.29. The van der Waals surface area contributed by atoms with Crippen LogP contribution in [0.15, 0.2) is 24.3 Å². The Hall–Kier alpha value is -1.39. The van der Waals surface area contributed by atoms with Crippen molar-refractivity contribution >= 4 is 5.91 Å². The van der Waals surface area contributed by atoms with Gasteiger partial charge < -0.3 is 14.7 Å². The van der Waals surface area contributed by atoms with Crippen molar-refractivity contribution in [3.05, 3.63) is 35.4 Å². The average Bonchev–Trinajstić information content (AvgIpc) is 2.41. The molecule has 1 aromatic carbocycles. The number of rotatable bonds is 5. The summed E-state index contributed by atoms with van der Waals surface area (Å²) >= 11 is 0. The Morgan fingerprint density at radius 3 is 2.29 bits per heavy atom. The molecule has 0 radical (unpaired) electrons. The molecule has 116 valence electrons. The van der Waals surface area contributed by atoms with Crippen molar-refractivity contribution in [2.45, 2.75) is 46.0 Å². The van der Waals surface area contributed by atoms with Gasteiger partial charge in [0, 0.05) is 5.56 Å². The third-order valence-corrected chi connectivity index (χ3v) is 4.08. The van der Waals surface area contributed by atoms with E-state index in [2.05, 4.69) is 0 Å². The van der Waals surface area contributed by atoms with Crippen LogP contribution < -0.4 is 0 Å². The van der Waals surface area contributed by atoms with Gasteiger partial charge in [-0.05, 0) is 37.5 Å². The van der Waals surface area contributed by atoms with E-state index < -0.39 is 5.60 Å². The number of benzene rings is 1. The molecule has 0 aromatic heterocycles. The second-order valence-electron chi connectivity index (χ2n) is 6.48. The van der Waals surface area contributed by atoms with Gasteiger partial charge in [0.1, 0.15) is 5.60 Å². The molecule has 1 N–H and O–H groups in total. The summed E-state index contributed by atoms with van der Waals surface area (Å²) < 4.78 is 5.53. The van der Waals surface area contributed by atoms with Gasteiger partial charge in [0.15, 0.2) is 0 Å². The van der Waals surface area contributed by atoms with Crippen LogP contribution >= 0.6 is 0 Å². The molecule has 0 spiro atoms. The van der Waals surface area contributed by atoms with Crippen molar-refractivity contribution in [1.29, 1.82) is 0 Å². The van der Waals surface area contributed by atoms with Crippen LogP contribution in [0.3, 0.4) is 0 Å². The van der Waals surface area contributed by atoms with E-state index in [0.717, 1.165) is 5.56 Å². The minimum Gasteiger partial charge on any atom is -0.386 e. The van der Waals surface area contributed by atoms with Gasteiger partial charge in [0.2, 0.25) is 0 Å². The number of nitrogens with zero attached hydrogens (tertiary/aromatic N) is 1. The number of likely N-dealkylation sites (tertiary alicyclic amines) is 1. The first-order chi connectivity index (χ1) is 9.82. The molecular weight excluding hydrogens is 266 g/mol. The predicted octanol–water partition coefficient (Wildman–Crippen LogP) is 2.45. The lowest BCUT2D eigenvalue weighted by Gasteiger charge is -2.49. The van der Waals surface area contributed by atoms with Crippen LogP contribution in [0, 0.1) is 5.92 Å². The molecule has 1 aliphatic rings. The van der Waals surface area contributed by atoms with Crippen LogP contribution in [-0.4, -0.2) is 40.7 Å². The van der Waals surface area contributed by atoms with Gasteiger partial charge in [-0.2, -0.15) is 0 Å². The van der Waals surface area contributed by atoms with E-state index >= 15 is 0 Å². The van der Waals surface area contributed by atoms with Crippen molar-refractivity contribution < 1.29 is 14.6 Å². The molecule has 21 heavy (non-hydrogen) atoms. The largest absolute Gasteiger partial charge is 0.386 e. The zero-order valence-corrected chi connectivity index (χ0v) is 13.3. The number of hydrogen-bond donors (Lipinski definition) is 1. The van der Waals surface area contributed by atoms with E-state index in [1.807, 2.05) is 52.0 Å². The predicted molar refractivity (Wildman–Crippen MR) is 82.1 cm³/mol. The third kappa shape index (κ3) is 3.63. The molecule has 1 fully saturated rings. The van der Waals surface area contributed by atoms with E-state index in [1.165, 1.54) is 0 Å². The van der Waals surface area contributed by atoms with E-state index in [-0.39, 0.29) is 17.9 Å². The van der Waals surface area contributed by atoms with Crippen molar-refractivity contribution in [3.63, 3.8) is 0 Å². The fourth-order valence-corrected chi connectivity index (χ4v) is 2.31. The first-order valence-electron chi connectivity index (χ1n) is 7.54. The maximum absolute atomic E-state index is 12.3. The van der Waals surface area contributed by atoms with E-state index in [1.54, 1.807) is 4.90 Å². The monoisotopic (exact) mass is 291 g/mol. The quantitative estimate of drug-likeness (QED) is 0.906. The molecule has 2 rings (SSSR count). The zero-order chi connectivity index (χ0) is 15.6. The van der Waals surface area contributed by atoms with E-state index in [0.29, 0.717) is 25.3 Å². The van der Waals surface area contributed by atoms with Gasteiger partial charge in [-0.3, -0.25) is 4.79 Å². The summed E-state index contributed by atoms with van der Waals surface area (Å²) in [6.45, 7) is 9.35. The first kappa shape index (κ1) is 16.0. The lowest BCUT2D eigenvalue weighted by atomic mass is 9.82. The fourth-order valence-electron chi connectivity index (χ4n) is 2.31. The highest BCUT2D eigenvalue weighted by molar-refractivity contribution is 5.95. The molecular formula is C17H25NO3. The van der Waals surface area contributed by atoms with Crippen molar-refractivity contribution in [2.24, 2.45) is 5.92 Å². The van der Waals surface area contributed by atoms with Gasteiger partial charge in [0.25, 0.3) is 5.91 Å². The molecule has 0 bridgehead atoms. The SMILES string of the molecule is CC(C)OCc1ccc(C(=O)N2CC(O)(C(C)C)C2)cc1. The summed E-state index contributed by atoms with van der Waals surface area (Å²) in [6.07, 6.45) is 0.195. The molecule has 4 heteroatoms. The smallest absolute Gasteiger partial charge is 0.254 e. The van der Waals surface area contributed by atoms with Crippen LogP contribution in [0.1, 0.15) is 43.6 Å². The van der Waals surface area contributed by atoms with Gasteiger partial charge >= 0.3 is 0 Å². The lowest BCUT2D eigenvalue weighted by molar-refractivity contribution is -0.110. The Bertz CT molecular complexity index is 487. The molecule has 1 aliphatic heterocycles. The van der Waals surface area contributed by atoms with Crippen LogP contribution in [-0.2, 0) is 11.3 Å². The summed E-state index contributed by atoms with van der Waals surface area (Å²) in [4.78, 5) is 14.0. The third-order valence-electron chi connectivity index (χ3n) is 4.08. The number of hydrogen-bond acceptors (Lipinski definition) is 3. The number of amides is 1. The summed E-state index contributed by atoms with van der Waals surface area (Å²) in [5, 5.41) is 10.2. The second-order valence-corrected chi connectivity index (χ2v) is 6.48. The number of β-amino-alcohol motifs (C(OH)–C–C–N with tert-alkyl or cyclic N) is 1. The van der Waals surface area contributed by atoms with E-state index in [9.17, 15) is 9.90 Å². The standard InChI is InChI=1S/C17H25NO3/c1-12(2)17(20)10-18(11-17)16(19)15-7-5-14(6-8-15)9-21-13(3)4/h5-8,12-13,20H,9-11H2,1-4H3. The molecule has 0 unspecified atom stereocenters. The minimum atomic E-state index is -0.722. The van der Waals surface area contributed by atoms with Crippen LogP contribution in [0.2, 0.25) is 0 Å². The summed E-state index contributed by atoms with van der Waals surface area (Å²) in [6, 6.07) is 7.50. The Kier molecular flexibility index (Phi) is 4.69. The summed E-state index contributed by atoms with van der Waals surface area (Å²) in [5.41, 5.74) is 0.998. The Balaban J connectivity index is 1.92. The molecule has 4 nitrogen and oxygen atoms in total. The van der Waals surface area contributed by atoms with E-state index in [4.69, 9.17) is 4.74 Å². The lowest BCUT2D eigenvalue weighted by Crippen LogP contribution is -2.65. The van der Waals surface area contributed by atoms with Crippen LogP contribution in [0.4, 0.5) is 0 Å². The highest BCUT2D eigenvalue weighted by atomic mass is 16.5. The molecule has 1 aromatic rings. The van der Waals surface area contributed by atoms with Gasteiger partial charge in [-0.15, -0.1) is 0 Å².